The van der Waals surface area contributed by atoms with Crippen molar-refractivity contribution in [2.24, 2.45) is 5.92 Å². The second-order valence-electron chi connectivity index (χ2n) is 5.19. The van der Waals surface area contributed by atoms with Crippen LogP contribution in [0, 0.1) is 5.92 Å². The van der Waals surface area contributed by atoms with Crippen molar-refractivity contribution in [2.75, 3.05) is 26.2 Å². The molecule has 1 fully saturated rings. The van der Waals surface area contributed by atoms with Gasteiger partial charge in [-0.15, -0.1) is 24.8 Å². The molecule has 0 bridgehead atoms. The van der Waals surface area contributed by atoms with Gasteiger partial charge in [-0.05, 0) is 25.5 Å². The number of carbonyl (C=O) groups excluding carboxylic acids is 1. The Balaban J connectivity index is 0.00000288. The minimum absolute atomic E-state index is 0. The summed E-state index contributed by atoms with van der Waals surface area (Å²) in [6, 6.07) is 0.760. The standard InChI is InChI=1S/C14H17ClF3N3O2.2ClH/c15-11-6-10(14(16,17)18)8-21-13(11)23-5-4-20-12(22)9-2-1-3-19-7-9;;/h6,8-9,19H,1-5,7H2,(H,20,22);2*1H. The third-order valence-electron chi connectivity index (χ3n) is 3.44. The van der Waals surface area contributed by atoms with Gasteiger partial charge in [-0.2, -0.15) is 13.2 Å². The van der Waals surface area contributed by atoms with E-state index in [4.69, 9.17) is 16.3 Å². The number of amides is 1. The van der Waals surface area contributed by atoms with Gasteiger partial charge in [-0.1, -0.05) is 11.6 Å². The number of nitrogens with zero attached hydrogens (tertiary/aromatic N) is 1. The van der Waals surface area contributed by atoms with Crippen molar-refractivity contribution in [3.8, 4) is 5.88 Å². The van der Waals surface area contributed by atoms with Gasteiger partial charge in [0, 0.05) is 12.7 Å². The van der Waals surface area contributed by atoms with Crippen molar-refractivity contribution in [1.29, 1.82) is 0 Å². The number of pyridine rings is 1. The van der Waals surface area contributed by atoms with Crippen LogP contribution in [-0.4, -0.2) is 37.1 Å². The Morgan fingerprint density at radius 2 is 2.16 bits per heavy atom. The van der Waals surface area contributed by atoms with Crippen LogP contribution in [-0.2, 0) is 11.0 Å². The molecule has 0 aromatic carbocycles. The number of hydrogen-bond donors (Lipinski definition) is 2. The number of carbonyl (C=O) groups is 1. The summed E-state index contributed by atoms with van der Waals surface area (Å²) in [5.41, 5.74) is -0.937. The van der Waals surface area contributed by atoms with Crippen LogP contribution in [0.3, 0.4) is 0 Å². The van der Waals surface area contributed by atoms with Crippen molar-refractivity contribution in [3.05, 3.63) is 22.8 Å². The van der Waals surface area contributed by atoms with E-state index in [1.54, 1.807) is 0 Å². The maximum absolute atomic E-state index is 12.5. The van der Waals surface area contributed by atoms with Gasteiger partial charge in [-0.3, -0.25) is 4.79 Å². The van der Waals surface area contributed by atoms with Crippen molar-refractivity contribution in [2.45, 2.75) is 19.0 Å². The molecule has 0 spiro atoms. The lowest BCUT2D eigenvalue weighted by molar-refractivity contribution is -0.137. The minimum Gasteiger partial charge on any atom is -0.475 e. The van der Waals surface area contributed by atoms with Gasteiger partial charge in [0.1, 0.15) is 11.6 Å². The fourth-order valence-corrected chi connectivity index (χ4v) is 2.45. The molecule has 1 atom stereocenters. The fourth-order valence-electron chi connectivity index (χ4n) is 2.23. The topological polar surface area (TPSA) is 63.2 Å². The van der Waals surface area contributed by atoms with Crippen LogP contribution in [0.1, 0.15) is 18.4 Å². The largest absolute Gasteiger partial charge is 0.475 e. The summed E-state index contributed by atoms with van der Waals surface area (Å²) in [4.78, 5) is 15.4. The molecule has 1 aliphatic heterocycles. The Kier molecular flexibility index (Phi) is 10.5. The Labute approximate surface area is 160 Å². The molecular formula is C14H19Cl3F3N3O2. The van der Waals surface area contributed by atoms with Crippen LogP contribution in [0.15, 0.2) is 12.3 Å². The Morgan fingerprint density at radius 3 is 2.72 bits per heavy atom. The number of aromatic nitrogens is 1. The van der Waals surface area contributed by atoms with E-state index >= 15 is 0 Å². The van der Waals surface area contributed by atoms with E-state index in [-0.39, 0.29) is 60.7 Å². The maximum Gasteiger partial charge on any atom is 0.417 e. The quantitative estimate of drug-likeness (QED) is 0.713. The predicted molar refractivity (Wildman–Crippen MR) is 92.8 cm³/mol. The molecular weight excluding hydrogens is 406 g/mol. The molecule has 0 radical (unpaired) electrons. The van der Waals surface area contributed by atoms with E-state index in [0.29, 0.717) is 12.7 Å². The first-order valence-electron chi connectivity index (χ1n) is 7.22. The summed E-state index contributed by atoms with van der Waals surface area (Å²) in [6.07, 6.45) is -2.05. The van der Waals surface area contributed by atoms with Gasteiger partial charge in [-0.25, -0.2) is 4.98 Å². The maximum atomic E-state index is 12.5. The molecule has 2 N–H and O–H groups in total. The highest BCUT2D eigenvalue weighted by molar-refractivity contribution is 6.31. The Morgan fingerprint density at radius 1 is 1.44 bits per heavy atom. The zero-order valence-electron chi connectivity index (χ0n) is 13.1. The van der Waals surface area contributed by atoms with Gasteiger partial charge in [0.15, 0.2) is 0 Å². The molecule has 11 heteroatoms. The molecule has 0 aliphatic carbocycles. The monoisotopic (exact) mass is 423 g/mol. The summed E-state index contributed by atoms with van der Waals surface area (Å²) in [7, 11) is 0. The zero-order valence-corrected chi connectivity index (χ0v) is 15.5. The highest BCUT2D eigenvalue weighted by atomic mass is 35.5. The number of nitrogens with one attached hydrogen (secondary N) is 2. The number of alkyl halides is 3. The second kappa shape index (κ2) is 10.9. The first-order chi connectivity index (χ1) is 10.9. The minimum atomic E-state index is -4.50. The third-order valence-corrected chi connectivity index (χ3v) is 3.71. The molecule has 1 aromatic rings. The van der Waals surface area contributed by atoms with E-state index in [2.05, 4.69) is 15.6 Å². The summed E-state index contributed by atoms with van der Waals surface area (Å²) in [5.74, 6) is -0.211. The van der Waals surface area contributed by atoms with Gasteiger partial charge >= 0.3 is 6.18 Å². The Hall–Kier alpha value is -0.960. The van der Waals surface area contributed by atoms with Crippen molar-refractivity contribution in [3.63, 3.8) is 0 Å². The SMILES string of the molecule is Cl.Cl.O=C(NCCOc1ncc(C(F)(F)F)cc1Cl)C1CCCNC1. The van der Waals surface area contributed by atoms with Crippen LogP contribution in [0.4, 0.5) is 13.2 Å². The molecule has 25 heavy (non-hydrogen) atoms. The first kappa shape index (κ1) is 24.0. The lowest BCUT2D eigenvalue weighted by Gasteiger charge is -2.21. The summed E-state index contributed by atoms with van der Waals surface area (Å²) in [6.45, 7) is 1.88. The molecule has 144 valence electrons. The van der Waals surface area contributed by atoms with E-state index in [9.17, 15) is 18.0 Å². The Bertz CT molecular complexity index is 556. The molecule has 1 aliphatic rings. The summed E-state index contributed by atoms with van der Waals surface area (Å²) < 4.78 is 42.6. The van der Waals surface area contributed by atoms with Crippen molar-refractivity contribution < 1.29 is 22.7 Å². The summed E-state index contributed by atoms with van der Waals surface area (Å²) >= 11 is 5.72. The number of rotatable bonds is 5. The molecule has 0 saturated carbocycles. The third kappa shape index (κ3) is 7.43. The lowest BCUT2D eigenvalue weighted by Crippen LogP contribution is -2.41. The normalized spacial score (nSPS) is 17.0. The molecule has 5 nitrogen and oxygen atoms in total. The number of ether oxygens (including phenoxy) is 1. The predicted octanol–water partition coefficient (Wildman–Crippen LogP) is 3.09. The second-order valence-corrected chi connectivity index (χ2v) is 5.60. The molecule has 2 rings (SSSR count). The molecule has 1 unspecified atom stereocenters. The van der Waals surface area contributed by atoms with Crippen molar-refractivity contribution in [1.82, 2.24) is 15.6 Å². The van der Waals surface area contributed by atoms with Gasteiger partial charge in [0.05, 0.1) is 18.0 Å². The molecule has 2 heterocycles. The smallest absolute Gasteiger partial charge is 0.417 e. The number of halogens is 6. The van der Waals surface area contributed by atoms with Crippen LogP contribution >= 0.6 is 36.4 Å². The molecule has 1 saturated heterocycles. The van der Waals surface area contributed by atoms with Crippen LogP contribution in [0.5, 0.6) is 5.88 Å². The molecule has 1 aromatic heterocycles. The van der Waals surface area contributed by atoms with E-state index in [0.717, 1.165) is 25.5 Å². The van der Waals surface area contributed by atoms with E-state index < -0.39 is 11.7 Å². The highest BCUT2D eigenvalue weighted by Gasteiger charge is 2.31. The van der Waals surface area contributed by atoms with E-state index in [1.807, 2.05) is 0 Å². The van der Waals surface area contributed by atoms with Crippen LogP contribution in [0.2, 0.25) is 5.02 Å². The fraction of sp³-hybridized carbons (Fsp3) is 0.571. The summed E-state index contributed by atoms with van der Waals surface area (Å²) in [5, 5.41) is 5.65. The van der Waals surface area contributed by atoms with Crippen molar-refractivity contribution >= 4 is 42.3 Å². The average Bonchev–Trinajstić information content (AvgIpc) is 2.52. The van der Waals surface area contributed by atoms with Gasteiger partial charge in [0.2, 0.25) is 11.8 Å². The first-order valence-corrected chi connectivity index (χ1v) is 7.59. The van der Waals surface area contributed by atoms with Gasteiger partial charge in [0.25, 0.3) is 0 Å². The van der Waals surface area contributed by atoms with Crippen LogP contribution in [0.25, 0.3) is 0 Å². The van der Waals surface area contributed by atoms with E-state index in [1.165, 1.54) is 0 Å². The lowest BCUT2D eigenvalue weighted by atomic mass is 9.99. The number of hydrogen-bond acceptors (Lipinski definition) is 4. The molecule has 1 amide bonds. The highest BCUT2D eigenvalue weighted by Crippen LogP contribution is 2.32. The average molecular weight is 425 g/mol. The van der Waals surface area contributed by atoms with Gasteiger partial charge < -0.3 is 15.4 Å². The zero-order chi connectivity index (χ0) is 16.9. The number of piperidine rings is 1. The van der Waals surface area contributed by atoms with Crippen LogP contribution < -0.4 is 15.4 Å².